The van der Waals surface area contributed by atoms with Crippen molar-refractivity contribution in [2.45, 2.75) is 4.90 Å². The second-order valence-corrected chi connectivity index (χ2v) is 7.78. The Hall–Kier alpha value is -4.23. The summed E-state index contributed by atoms with van der Waals surface area (Å²) in [6.07, 6.45) is 3.06. The SMILES string of the molecule is COc1cc([N+](=O)[O-])ccc1-[n+]1nc(-c2ccccc2S(=O)(=O)O)nn1-c1ccncc1. The largest absolute Gasteiger partial charge is 0.492 e. The summed E-state index contributed by atoms with van der Waals surface area (Å²) in [5.74, 6) is 0.122. The summed E-state index contributed by atoms with van der Waals surface area (Å²) >= 11 is 0. The molecule has 12 nitrogen and oxygen atoms in total. The van der Waals surface area contributed by atoms with Crippen molar-refractivity contribution in [2.24, 2.45) is 0 Å². The van der Waals surface area contributed by atoms with Crippen LogP contribution >= 0.6 is 0 Å². The molecule has 0 unspecified atom stereocenters. The van der Waals surface area contributed by atoms with Crippen molar-refractivity contribution in [1.29, 1.82) is 0 Å². The van der Waals surface area contributed by atoms with E-state index in [4.69, 9.17) is 4.74 Å². The van der Waals surface area contributed by atoms with Gasteiger partial charge in [-0.2, -0.15) is 8.42 Å². The molecule has 2 aromatic heterocycles. The first kappa shape index (κ1) is 21.0. The molecule has 4 aromatic rings. The molecule has 0 fully saturated rings. The molecule has 13 heteroatoms. The topological polar surface area (TPSA) is 154 Å². The molecule has 0 bridgehead atoms. The molecule has 4 rings (SSSR count). The van der Waals surface area contributed by atoms with Crippen molar-refractivity contribution < 1.29 is 27.4 Å². The van der Waals surface area contributed by atoms with Gasteiger partial charge in [0.25, 0.3) is 15.8 Å². The lowest BCUT2D eigenvalue weighted by Crippen LogP contribution is -2.43. The van der Waals surface area contributed by atoms with Gasteiger partial charge in [-0.15, -0.1) is 0 Å². The number of pyridine rings is 1. The number of nitro benzene ring substituents is 1. The Labute approximate surface area is 181 Å². The van der Waals surface area contributed by atoms with Crippen LogP contribution in [0.1, 0.15) is 0 Å². The van der Waals surface area contributed by atoms with Gasteiger partial charge < -0.3 is 4.74 Å². The summed E-state index contributed by atoms with van der Waals surface area (Å²) in [5, 5.41) is 20.0. The number of ether oxygens (including phenoxy) is 1. The first-order valence-electron chi connectivity index (χ1n) is 8.99. The lowest BCUT2D eigenvalue weighted by atomic mass is 10.2. The molecule has 0 aliphatic heterocycles. The molecule has 0 aliphatic rings. The lowest BCUT2D eigenvalue weighted by molar-refractivity contribution is -0.734. The minimum Gasteiger partial charge on any atom is -0.492 e. The van der Waals surface area contributed by atoms with Gasteiger partial charge >= 0.3 is 5.82 Å². The van der Waals surface area contributed by atoms with E-state index in [9.17, 15) is 23.1 Å². The van der Waals surface area contributed by atoms with Crippen molar-refractivity contribution in [3.05, 3.63) is 77.1 Å². The Balaban J connectivity index is 1.99. The van der Waals surface area contributed by atoms with Crippen LogP contribution in [0.3, 0.4) is 0 Å². The number of rotatable bonds is 6. The first-order valence-corrected chi connectivity index (χ1v) is 10.4. The third-order valence-corrected chi connectivity index (χ3v) is 5.36. The van der Waals surface area contributed by atoms with E-state index in [1.807, 2.05) is 0 Å². The van der Waals surface area contributed by atoms with Gasteiger partial charge in [0.05, 0.1) is 28.8 Å². The molecule has 0 spiro atoms. The average molecular weight is 455 g/mol. The highest BCUT2D eigenvalue weighted by Gasteiger charge is 2.30. The van der Waals surface area contributed by atoms with Gasteiger partial charge in [-0.3, -0.25) is 19.7 Å². The molecule has 0 aliphatic carbocycles. The summed E-state index contributed by atoms with van der Waals surface area (Å²) in [4.78, 5) is 16.8. The minimum absolute atomic E-state index is 0.0181. The van der Waals surface area contributed by atoms with Crippen LogP contribution in [0.15, 0.2) is 71.9 Å². The summed E-state index contributed by atoms with van der Waals surface area (Å²) < 4.78 is 38.6. The second-order valence-electron chi connectivity index (χ2n) is 6.39. The highest BCUT2D eigenvalue weighted by Crippen LogP contribution is 2.27. The van der Waals surface area contributed by atoms with E-state index in [0.717, 1.165) is 0 Å². The standard InChI is InChI=1S/C19H14N6O6S/c1-31-17-12-14(25(26)27)6-7-16(17)24-22-19(21-23(24)13-8-10-20-11-9-13)15-4-2-3-5-18(15)32(28,29)30/h2-12H,1H3/p+1. The molecule has 0 saturated carbocycles. The van der Waals surface area contributed by atoms with Crippen molar-refractivity contribution in [1.82, 2.24) is 20.0 Å². The van der Waals surface area contributed by atoms with Crippen LogP contribution in [-0.4, -0.2) is 45.0 Å². The molecular formula is C19H15N6O6S+. The maximum atomic E-state index is 11.9. The summed E-state index contributed by atoms with van der Waals surface area (Å²) in [6, 6.07) is 12.9. The van der Waals surface area contributed by atoms with Crippen LogP contribution in [0.4, 0.5) is 5.69 Å². The van der Waals surface area contributed by atoms with E-state index in [1.54, 1.807) is 18.2 Å². The van der Waals surface area contributed by atoms with Crippen LogP contribution in [0, 0.1) is 10.1 Å². The zero-order chi connectivity index (χ0) is 22.9. The number of non-ortho nitro benzene ring substituents is 1. The van der Waals surface area contributed by atoms with Crippen molar-refractivity contribution in [2.75, 3.05) is 7.11 Å². The maximum Gasteiger partial charge on any atom is 0.341 e. The van der Waals surface area contributed by atoms with Crippen LogP contribution in [0.25, 0.3) is 22.8 Å². The van der Waals surface area contributed by atoms with Gasteiger partial charge in [-0.1, -0.05) is 12.1 Å². The van der Waals surface area contributed by atoms with Crippen LogP contribution < -0.4 is 9.53 Å². The normalized spacial score (nSPS) is 11.3. The van der Waals surface area contributed by atoms with Gasteiger partial charge in [0, 0.05) is 29.3 Å². The number of hydrogen-bond donors (Lipinski definition) is 1. The molecular weight excluding hydrogens is 440 g/mol. The summed E-state index contributed by atoms with van der Waals surface area (Å²) in [5.41, 5.74) is 0.706. The minimum atomic E-state index is -4.55. The predicted octanol–water partition coefficient (Wildman–Crippen LogP) is 1.77. The Morgan fingerprint density at radius 3 is 2.50 bits per heavy atom. The van der Waals surface area contributed by atoms with Gasteiger partial charge in [-0.25, -0.2) is 0 Å². The number of methoxy groups -OCH3 is 1. The highest BCUT2D eigenvalue weighted by atomic mass is 32.2. The van der Waals surface area contributed by atoms with Crippen molar-refractivity contribution in [3.8, 4) is 28.5 Å². The Morgan fingerprint density at radius 2 is 1.84 bits per heavy atom. The third kappa shape index (κ3) is 3.89. The summed E-state index contributed by atoms with van der Waals surface area (Å²) in [6.45, 7) is 0. The number of nitro groups is 1. The van der Waals surface area contributed by atoms with E-state index in [-0.39, 0.29) is 27.7 Å². The molecule has 32 heavy (non-hydrogen) atoms. The van der Waals surface area contributed by atoms with Crippen LogP contribution in [-0.2, 0) is 10.1 Å². The predicted molar refractivity (Wildman–Crippen MR) is 109 cm³/mol. The number of nitrogens with zero attached hydrogens (tertiary/aromatic N) is 6. The van der Waals surface area contributed by atoms with Gasteiger partial charge in [0.1, 0.15) is 10.6 Å². The maximum absolute atomic E-state index is 11.9. The first-order chi connectivity index (χ1) is 15.3. The molecule has 1 N–H and O–H groups in total. The Kier molecular flexibility index (Phi) is 5.34. The molecule has 2 aromatic carbocycles. The van der Waals surface area contributed by atoms with E-state index >= 15 is 0 Å². The molecule has 162 valence electrons. The van der Waals surface area contributed by atoms with E-state index < -0.39 is 15.0 Å². The lowest BCUT2D eigenvalue weighted by Gasteiger charge is -2.05. The quantitative estimate of drug-likeness (QED) is 0.198. The average Bonchev–Trinajstić information content (AvgIpc) is 3.23. The van der Waals surface area contributed by atoms with Crippen molar-refractivity contribution in [3.63, 3.8) is 0 Å². The zero-order valence-corrected chi connectivity index (χ0v) is 17.2. The van der Waals surface area contributed by atoms with Gasteiger partial charge in [0.15, 0.2) is 5.75 Å². The fourth-order valence-corrected chi connectivity index (χ4v) is 3.70. The van der Waals surface area contributed by atoms with E-state index in [1.165, 1.54) is 65.5 Å². The molecule has 0 saturated heterocycles. The highest BCUT2D eigenvalue weighted by molar-refractivity contribution is 7.86. The number of benzene rings is 2. The zero-order valence-electron chi connectivity index (χ0n) is 16.4. The second kappa shape index (κ2) is 8.13. The van der Waals surface area contributed by atoms with Gasteiger partial charge in [-0.05, 0) is 34.2 Å². The Morgan fingerprint density at radius 1 is 1.12 bits per heavy atom. The number of tetrazole rings is 1. The van der Waals surface area contributed by atoms with Crippen molar-refractivity contribution >= 4 is 15.8 Å². The van der Waals surface area contributed by atoms with E-state index in [2.05, 4.69) is 15.2 Å². The Bertz CT molecular complexity index is 1420. The van der Waals surface area contributed by atoms with E-state index in [0.29, 0.717) is 11.4 Å². The smallest absolute Gasteiger partial charge is 0.341 e. The van der Waals surface area contributed by atoms with Gasteiger partial charge in [0.2, 0.25) is 5.69 Å². The number of hydrogen-bond acceptors (Lipinski definition) is 8. The fourth-order valence-electron chi connectivity index (χ4n) is 3.01. The monoisotopic (exact) mass is 455 g/mol. The van der Waals surface area contributed by atoms with Crippen LogP contribution in [0.5, 0.6) is 5.75 Å². The third-order valence-electron chi connectivity index (χ3n) is 4.45. The number of aromatic nitrogens is 5. The molecule has 0 atom stereocenters. The summed E-state index contributed by atoms with van der Waals surface area (Å²) in [7, 11) is -3.20. The molecule has 2 heterocycles. The van der Waals surface area contributed by atoms with Crippen LogP contribution in [0.2, 0.25) is 0 Å². The fraction of sp³-hybridized carbons (Fsp3) is 0.0526. The molecule has 0 radical (unpaired) electrons. The molecule has 0 amide bonds.